The van der Waals surface area contributed by atoms with E-state index >= 15 is 0 Å². The number of likely N-dealkylation sites (tertiary alicyclic amines) is 1. The number of nitrogens with zero attached hydrogens (tertiary/aromatic N) is 2. The fraction of sp³-hybridized carbons (Fsp3) is 0.733. The van der Waals surface area contributed by atoms with Gasteiger partial charge in [0.05, 0.1) is 18.7 Å². The fourth-order valence-electron chi connectivity index (χ4n) is 3.38. The number of hydrogen-bond acceptors (Lipinski definition) is 3. The Bertz CT molecular complexity index is 457. The van der Waals surface area contributed by atoms with Crippen molar-refractivity contribution >= 4 is 5.91 Å². The number of piperidine rings is 1. The average Bonchev–Trinajstić information content (AvgIpc) is 2.94. The van der Waals surface area contributed by atoms with Gasteiger partial charge < -0.3 is 9.64 Å². The van der Waals surface area contributed by atoms with Gasteiger partial charge in [0.25, 0.3) is 0 Å². The first-order valence-electron chi connectivity index (χ1n) is 7.62. The van der Waals surface area contributed by atoms with E-state index in [4.69, 9.17) is 4.74 Å². The van der Waals surface area contributed by atoms with E-state index in [1.807, 2.05) is 11.1 Å². The van der Waals surface area contributed by atoms with Crippen LogP contribution in [0.2, 0.25) is 0 Å². The maximum absolute atomic E-state index is 12.4. The molecule has 1 atom stereocenters. The lowest BCUT2D eigenvalue weighted by Crippen LogP contribution is -2.43. The van der Waals surface area contributed by atoms with E-state index < -0.39 is 0 Å². The molecule has 3 heterocycles. The molecule has 1 aromatic heterocycles. The molecule has 1 amide bonds. The van der Waals surface area contributed by atoms with E-state index in [9.17, 15) is 4.79 Å². The third kappa shape index (κ3) is 2.73. The van der Waals surface area contributed by atoms with Crippen LogP contribution in [0.4, 0.5) is 0 Å². The molecule has 5 heteroatoms. The Morgan fingerprint density at radius 3 is 2.80 bits per heavy atom. The minimum Gasteiger partial charge on any atom is -0.381 e. The lowest BCUT2D eigenvalue weighted by atomic mass is 9.89. The van der Waals surface area contributed by atoms with Crippen molar-refractivity contribution in [2.24, 2.45) is 5.92 Å². The molecule has 3 rings (SSSR count). The summed E-state index contributed by atoms with van der Waals surface area (Å²) >= 11 is 0. The highest BCUT2D eigenvalue weighted by Gasteiger charge is 2.30. The Balaban J connectivity index is 1.55. The molecule has 110 valence electrons. The highest BCUT2D eigenvalue weighted by Crippen LogP contribution is 2.30. The van der Waals surface area contributed by atoms with Gasteiger partial charge in [-0.15, -0.1) is 0 Å². The largest absolute Gasteiger partial charge is 0.381 e. The number of carbonyl (C=O) groups excluding carboxylic acids is 1. The molecule has 0 aliphatic carbocycles. The number of H-pyrrole nitrogens is 1. The lowest BCUT2D eigenvalue weighted by Gasteiger charge is -2.35. The van der Waals surface area contributed by atoms with Crippen LogP contribution in [-0.4, -0.2) is 47.3 Å². The summed E-state index contributed by atoms with van der Waals surface area (Å²) in [5, 5.41) is 7.11. The van der Waals surface area contributed by atoms with Crippen LogP contribution in [0.5, 0.6) is 0 Å². The zero-order valence-corrected chi connectivity index (χ0v) is 12.1. The van der Waals surface area contributed by atoms with Gasteiger partial charge in [-0.3, -0.25) is 9.89 Å². The van der Waals surface area contributed by atoms with E-state index in [0.717, 1.165) is 51.1 Å². The van der Waals surface area contributed by atoms with Gasteiger partial charge in [0, 0.05) is 25.4 Å². The van der Waals surface area contributed by atoms with Crippen molar-refractivity contribution in [1.82, 2.24) is 15.1 Å². The summed E-state index contributed by atoms with van der Waals surface area (Å²) in [6, 6.07) is 0. The molecule has 5 nitrogen and oxygen atoms in total. The van der Waals surface area contributed by atoms with Crippen molar-refractivity contribution in [3.8, 4) is 0 Å². The SMILES string of the molecule is Cc1[nH]ncc1C1CCN(C(=O)C2CCCOC2)CC1. The fourth-order valence-corrected chi connectivity index (χ4v) is 3.38. The molecule has 1 N–H and O–H groups in total. The molecular formula is C15H23N3O2. The van der Waals surface area contributed by atoms with Crippen molar-refractivity contribution in [3.05, 3.63) is 17.5 Å². The first-order chi connectivity index (χ1) is 9.75. The van der Waals surface area contributed by atoms with Gasteiger partial charge in [0.15, 0.2) is 0 Å². The average molecular weight is 277 g/mol. The van der Waals surface area contributed by atoms with Crippen LogP contribution in [-0.2, 0) is 9.53 Å². The van der Waals surface area contributed by atoms with Gasteiger partial charge in [-0.25, -0.2) is 0 Å². The number of ether oxygens (including phenoxy) is 1. The third-order valence-electron chi connectivity index (χ3n) is 4.62. The summed E-state index contributed by atoms with van der Waals surface area (Å²) in [6.07, 6.45) is 6.02. The van der Waals surface area contributed by atoms with Crippen LogP contribution in [0.1, 0.15) is 42.9 Å². The van der Waals surface area contributed by atoms with Crippen molar-refractivity contribution < 1.29 is 9.53 Å². The second kappa shape index (κ2) is 5.95. The number of rotatable bonds is 2. The van der Waals surface area contributed by atoms with Crippen LogP contribution in [0, 0.1) is 12.8 Å². The minimum absolute atomic E-state index is 0.0935. The summed E-state index contributed by atoms with van der Waals surface area (Å²) in [7, 11) is 0. The Labute approximate surface area is 119 Å². The van der Waals surface area contributed by atoms with E-state index in [0.29, 0.717) is 18.4 Å². The molecule has 0 bridgehead atoms. The highest BCUT2D eigenvalue weighted by molar-refractivity contribution is 5.79. The van der Waals surface area contributed by atoms with E-state index in [2.05, 4.69) is 17.1 Å². The van der Waals surface area contributed by atoms with Crippen LogP contribution in [0.25, 0.3) is 0 Å². The zero-order valence-electron chi connectivity index (χ0n) is 12.1. The molecule has 1 aromatic rings. The molecule has 0 radical (unpaired) electrons. The van der Waals surface area contributed by atoms with Crippen molar-refractivity contribution in [3.63, 3.8) is 0 Å². The Hall–Kier alpha value is -1.36. The number of aryl methyl sites for hydroxylation is 1. The molecule has 0 spiro atoms. The van der Waals surface area contributed by atoms with Gasteiger partial charge in [-0.1, -0.05) is 0 Å². The number of carbonyl (C=O) groups is 1. The van der Waals surface area contributed by atoms with Crippen LogP contribution < -0.4 is 0 Å². The molecule has 20 heavy (non-hydrogen) atoms. The summed E-state index contributed by atoms with van der Waals surface area (Å²) in [5.41, 5.74) is 2.48. The van der Waals surface area contributed by atoms with Crippen molar-refractivity contribution in [1.29, 1.82) is 0 Å². The maximum Gasteiger partial charge on any atom is 0.228 e. The predicted molar refractivity (Wildman–Crippen MR) is 75.4 cm³/mol. The molecule has 2 saturated heterocycles. The molecule has 1 unspecified atom stereocenters. The Kier molecular flexibility index (Phi) is 4.05. The zero-order chi connectivity index (χ0) is 13.9. The van der Waals surface area contributed by atoms with Crippen LogP contribution >= 0.6 is 0 Å². The predicted octanol–water partition coefficient (Wildman–Crippen LogP) is 1.85. The van der Waals surface area contributed by atoms with Crippen LogP contribution in [0.3, 0.4) is 0 Å². The Morgan fingerprint density at radius 2 is 2.20 bits per heavy atom. The lowest BCUT2D eigenvalue weighted by molar-refractivity contribution is -0.140. The highest BCUT2D eigenvalue weighted by atomic mass is 16.5. The molecule has 2 aliphatic rings. The first kappa shape index (κ1) is 13.6. The maximum atomic E-state index is 12.4. The van der Waals surface area contributed by atoms with E-state index in [1.54, 1.807) is 0 Å². The Morgan fingerprint density at radius 1 is 1.40 bits per heavy atom. The summed E-state index contributed by atoms with van der Waals surface area (Å²) in [4.78, 5) is 14.5. The van der Waals surface area contributed by atoms with E-state index in [-0.39, 0.29) is 5.92 Å². The van der Waals surface area contributed by atoms with Crippen molar-refractivity contribution in [2.45, 2.75) is 38.5 Å². The van der Waals surface area contributed by atoms with Gasteiger partial charge >= 0.3 is 0 Å². The standard InChI is InChI=1S/C15H23N3O2/c1-11-14(9-16-17-11)12-4-6-18(7-5-12)15(19)13-3-2-8-20-10-13/h9,12-13H,2-8,10H2,1H3,(H,16,17). The summed E-state index contributed by atoms with van der Waals surface area (Å²) in [5.74, 6) is 0.934. The smallest absolute Gasteiger partial charge is 0.228 e. The normalized spacial score (nSPS) is 24.9. The van der Waals surface area contributed by atoms with Crippen LogP contribution in [0.15, 0.2) is 6.20 Å². The quantitative estimate of drug-likeness (QED) is 0.897. The van der Waals surface area contributed by atoms with Crippen molar-refractivity contribution in [2.75, 3.05) is 26.3 Å². The summed E-state index contributed by atoms with van der Waals surface area (Å²) in [6.45, 7) is 5.22. The second-order valence-corrected chi connectivity index (χ2v) is 5.96. The second-order valence-electron chi connectivity index (χ2n) is 5.96. The van der Waals surface area contributed by atoms with Gasteiger partial charge in [0.1, 0.15) is 0 Å². The minimum atomic E-state index is 0.0935. The molecule has 0 aromatic carbocycles. The molecule has 0 saturated carbocycles. The third-order valence-corrected chi connectivity index (χ3v) is 4.62. The number of nitrogens with one attached hydrogen (secondary N) is 1. The molecule has 2 aliphatic heterocycles. The topological polar surface area (TPSA) is 58.2 Å². The van der Waals surface area contributed by atoms with Gasteiger partial charge in [-0.2, -0.15) is 5.10 Å². The van der Waals surface area contributed by atoms with Gasteiger partial charge in [0.2, 0.25) is 5.91 Å². The number of hydrogen-bond donors (Lipinski definition) is 1. The van der Waals surface area contributed by atoms with Gasteiger partial charge in [-0.05, 0) is 44.1 Å². The summed E-state index contributed by atoms with van der Waals surface area (Å²) < 4.78 is 5.43. The monoisotopic (exact) mass is 277 g/mol. The number of aromatic nitrogens is 2. The molecule has 2 fully saturated rings. The molecular weight excluding hydrogens is 254 g/mol. The first-order valence-corrected chi connectivity index (χ1v) is 7.62. The van der Waals surface area contributed by atoms with E-state index in [1.165, 1.54) is 5.56 Å². The number of aromatic amines is 1. The number of amides is 1.